The van der Waals surface area contributed by atoms with Gasteiger partial charge in [0, 0.05) is 62.9 Å². The molecule has 2 bridgehead atoms. The molecule has 0 spiro atoms. The van der Waals surface area contributed by atoms with Crippen LogP contribution in [0.1, 0.15) is 72.6 Å². The van der Waals surface area contributed by atoms with Crippen LogP contribution in [-0.4, -0.2) is 96.5 Å². The third-order valence-corrected chi connectivity index (χ3v) is 10.8. The molecule has 0 radical (unpaired) electrons. The summed E-state index contributed by atoms with van der Waals surface area (Å²) in [6.07, 6.45) is -0.828. The number of aryl methyl sites for hydroxylation is 1. The van der Waals surface area contributed by atoms with Crippen LogP contribution in [0.25, 0.3) is 0 Å². The third-order valence-electron chi connectivity index (χ3n) is 10.8. The lowest BCUT2D eigenvalue weighted by Crippen LogP contribution is -2.52. The molecule has 4 fully saturated rings. The first-order valence-corrected chi connectivity index (χ1v) is 16.7. The Kier molecular flexibility index (Phi) is 8.60. The maximum atomic E-state index is 15.5. The minimum absolute atomic E-state index is 0.0775. The van der Waals surface area contributed by atoms with E-state index in [0.29, 0.717) is 42.4 Å². The molecule has 0 saturated carbocycles. The van der Waals surface area contributed by atoms with Gasteiger partial charge in [-0.2, -0.15) is 23.1 Å². The number of nitrogen functional groups attached to an aromatic ring is 1. The van der Waals surface area contributed by atoms with Crippen LogP contribution in [0.4, 0.5) is 33.9 Å². The largest absolute Gasteiger partial charge is 0.461 e. The van der Waals surface area contributed by atoms with Crippen LogP contribution < -0.4 is 20.7 Å². The number of aromatic nitrogens is 2. The van der Waals surface area contributed by atoms with Crippen LogP contribution in [0.15, 0.2) is 6.07 Å². The van der Waals surface area contributed by atoms with Crippen LogP contribution >= 0.6 is 0 Å². The second-order valence-electron chi connectivity index (χ2n) is 14.2. The van der Waals surface area contributed by atoms with Gasteiger partial charge in [-0.1, -0.05) is 0 Å². The zero-order valence-electron chi connectivity index (χ0n) is 27.5. The first-order chi connectivity index (χ1) is 22.8. The van der Waals surface area contributed by atoms with Gasteiger partial charge in [0.1, 0.15) is 19.0 Å². The fourth-order valence-corrected chi connectivity index (χ4v) is 8.52. The van der Waals surface area contributed by atoms with E-state index in [1.807, 2.05) is 0 Å². The van der Waals surface area contributed by atoms with Gasteiger partial charge in [0.15, 0.2) is 5.82 Å². The normalized spacial score (nSPS) is 28.4. The highest BCUT2D eigenvalue weighted by Gasteiger charge is 2.50. The van der Waals surface area contributed by atoms with E-state index in [4.69, 9.17) is 29.9 Å². The number of nitrogens with one attached hydrogen (secondary N) is 1. The first-order valence-electron chi connectivity index (χ1n) is 16.7. The van der Waals surface area contributed by atoms with Gasteiger partial charge in [-0.3, -0.25) is 4.90 Å². The lowest BCUT2D eigenvalue weighted by molar-refractivity contribution is -0.140. The van der Waals surface area contributed by atoms with Crippen molar-refractivity contribution in [1.29, 1.82) is 0 Å². The van der Waals surface area contributed by atoms with E-state index in [-0.39, 0.29) is 48.0 Å². The summed E-state index contributed by atoms with van der Waals surface area (Å²) < 4.78 is 76.2. The Morgan fingerprint density at radius 3 is 2.65 bits per heavy atom. The minimum Gasteiger partial charge on any atom is -0.461 e. The highest BCUT2D eigenvalue weighted by atomic mass is 19.4. The van der Waals surface area contributed by atoms with Crippen molar-refractivity contribution in [3.05, 3.63) is 39.8 Å². The average molecular weight is 678 g/mol. The Hall–Kier alpha value is -3.43. The number of carbonyl (C=O) groups excluding carboxylic acids is 1. The van der Waals surface area contributed by atoms with Gasteiger partial charge in [-0.25, -0.2) is 9.18 Å². The maximum absolute atomic E-state index is 15.5. The van der Waals surface area contributed by atoms with E-state index in [0.717, 1.165) is 64.2 Å². The summed E-state index contributed by atoms with van der Waals surface area (Å²) in [6.45, 7) is 4.10. The quantitative estimate of drug-likeness (QED) is 0.324. The Morgan fingerprint density at radius 1 is 1.19 bits per heavy atom. The molecule has 3 N–H and O–H groups in total. The molecule has 1 aromatic heterocycles. The number of alkyl halides is 3. The van der Waals surface area contributed by atoms with E-state index in [2.05, 4.69) is 15.1 Å². The van der Waals surface area contributed by atoms with Gasteiger partial charge in [0.2, 0.25) is 0 Å². The number of ether oxygens (including phenoxy) is 3. The Balaban J connectivity index is 1.18. The summed E-state index contributed by atoms with van der Waals surface area (Å²) in [6, 6.07) is 1.83. The lowest BCUT2D eigenvalue weighted by Gasteiger charge is -2.37. The number of halogens is 4. The molecule has 5 aliphatic rings. The number of hydrogen-bond acceptors (Lipinski definition) is 10. The predicted molar refractivity (Wildman–Crippen MR) is 168 cm³/mol. The number of hydrogen-bond donors (Lipinski definition) is 2. The van der Waals surface area contributed by atoms with E-state index in [9.17, 15) is 18.0 Å². The molecule has 0 aliphatic carbocycles. The Morgan fingerprint density at radius 2 is 1.94 bits per heavy atom. The predicted octanol–water partition coefficient (Wildman–Crippen LogP) is 4.35. The van der Waals surface area contributed by atoms with Crippen molar-refractivity contribution in [3.8, 4) is 6.01 Å². The molecule has 262 valence electrons. The van der Waals surface area contributed by atoms with Crippen molar-refractivity contribution in [2.45, 2.75) is 94.4 Å². The zero-order chi connectivity index (χ0) is 34.0. The molecular weight excluding hydrogens is 634 g/mol. The summed E-state index contributed by atoms with van der Waals surface area (Å²) in [5.41, 5.74) is 4.52. The summed E-state index contributed by atoms with van der Waals surface area (Å²) >= 11 is 0. The molecule has 7 rings (SSSR count). The lowest BCUT2D eigenvalue weighted by atomic mass is 9.91. The molecule has 5 atom stereocenters. The molecule has 6 heterocycles. The average Bonchev–Trinajstić information content (AvgIpc) is 3.71. The summed E-state index contributed by atoms with van der Waals surface area (Å²) in [4.78, 5) is 27.7. The SMILES string of the molecule is Cc1cc(N)c(F)c(C2Cc3nc(OCC45CCCN4C(COC(=O)N(C)C)CC5)nc(N4CC5CCC(C4)N5)c3CO2)c1C(F)(F)F. The molecular formula is C33H43F4N7O4. The number of fused-ring (bicyclic) bond motifs is 4. The van der Waals surface area contributed by atoms with Crippen LogP contribution in [0.2, 0.25) is 0 Å². The smallest absolute Gasteiger partial charge is 0.417 e. The van der Waals surface area contributed by atoms with Crippen molar-refractivity contribution in [1.82, 2.24) is 25.1 Å². The standard InChI is InChI=1S/C33H43F4N7O4/c1-18-11-23(38)28(34)26(27(18)33(35,36)37)25-12-24-22(16-46-25)29(43-13-19-5-6-20(14-43)39-19)41-30(40-24)48-17-32-8-4-10-44(32)21(7-9-32)15-47-31(45)42(2)3/h11,19-21,25,39H,4-10,12-17,38H2,1-3H3. The minimum atomic E-state index is -4.81. The van der Waals surface area contributed by atoms with Crippen molar-refractivity contribution in [2.75, 3.05) is 57.6 Å². The molecule has 4 saturated heterocycles. The van der Waals surface area contributed by atoms with E-state index in [1.54, 1.807) is 14.1 Å². The van der Waals surface area contributed by atoms with Gasteiger partial charge < -0.3 is 35.1 Å². The number of amides is 1. The monoisotopic (exact) mass is 677 g/mol. The van der Waals surface area contributed by atoms with Crippen molar-refractivity contribution < 1.29 is 36.6 Å². The molecule has 1 amide bonds. The molecule has 5 unspecified atom stereocenters. The summed E-state index contributed by atoms with van der Waals surface area (Å²) in [7, 11) is 3.30. The Bertz CT molecular complexity index is 1560. The van der Waals surface area contributed by atoms with E-state index >= 15 is 4.39 Å². The molecule has 11 nitrogen and oxygen atoms in total. The van der Waals surface area contributed by atoms with Crippen molar-refractivity contribution in [3.63, 3.8) is 0 Å². The second-order valence-corrected chi connectivity index (χ2v) is 14.2. The van der Waals surface area contributed by atoms with Crippen molar-refractivity contribution >= 4 is 17.6 Å². The highest BCUT2D eigenvalue weighted by Crippen LogP contribution is 2.46. The number of rotatable bonds is 7. The fourth-order valence-electron chi connectivity index (χ4n) is 8.52. The molecule has 15 heteroatoms. The molecule has 48 heavy (non-hydrogen) atoms. The highest BCUT2D eigenvalue weighted by molar-refractivity contribution is 5.66. The number of piperazine rings is 1. The van der Waals surface area contributed by atoms with Crippen LogP contribution in [0, 0.1) is 12.7 Å². The number of benzene rings is 1. The topological polar surface area (TPSA) is 118 Å². The van der Waals surface area contributed by atoms with Crippen LogP contribution in [0.3, 0.4) is 0 Å². The second kappa shape index (κ2) is 12.5. The first kappa shape index (κ1) is 33.1. The van der Waals surface area contributed by atoms with Gasteiger partial charge in [-0.15, -0.1) is 0 Å². The van der Waals surface area contributed by atoms with Gasteiger partial charge >= 0.3 is 18.3 Å². The number of nitrogens with zero attached hydrogens (tertiary/aromatic N) is 5. The number of anilines is 2. The molecule has 2 aromatic rings. The third kappa shape index (κ3) is 6.02. The molecule has 5 aliphatic heterocycles. The maximum Gasteiger partial charge on any atom is 0.417 e. The molecule has 1 aromatic carbocycles. The Labute approximate surface area is 277 Å². The van der Waals surface area contributed by atoms with Crippen LogP contribution in [-0.2, 0) is 28.7 Å². The fraction of sp³-hybridized carbons (Fsp3) is 0.667. The van der Waals surface area contributed by atoms with Gasteiger partial charge in [0.05, 0.1) is 35.2 Å². The van der Waals surface area contributed by atoms with Gasteiger partial charge in [0.25, 0.3) is 0 Å². The van der Waals surface area contributed by atoms with Gasteiger partial charge in [-0.05, 0) is 63.6 Å². The van der Waals surface area contributed by atoms with E-state index in [1.165, 1.54) is 11.8 Å². The number of carbonyl (C=O) groups is 1. The summed E-state index contributed by atoms with van der Waals surface area (Å²) in [5.74, 6) is -0.480. The van der Waals surface area contributed by atoms with Crippen molar-refractivity contribution in [2.24, 2.45) is 0 Å². The van der Waals surface area contributed by atoms with E-state index < -0.39 is 29.2 Å². The zero-order valence-corrected chi connectivity index (χ0v) is 27.5. The number of nitrogens with two attached hydrogens (primary N) is 1. The van der Waals surface area contributed by atoms with Crippen LogP contribution in [0.5, 0.6) is 6.01 Å². The summed E-state index contributed by atoms with van der Waals surface area (Å²) in [5, 5.41) is 3.62.